The van der Waals surface area contributed by atoms with Crippen molar-refractivity contribution < 1.29 is 0 Å². The predicted molar refractivity (Wildman–Crippen MR) is 102 cm³/mol. The molecule has 0 heterocycles. The third kappa shape index (κ3) is 2.30. The highest BCUT2D eigenvalue weighted by molar-refractivity contribution is 5.14. The van der Waals surface area contributed by atoms with Crippen molar-refractivity contribution in [2.24, 2.45) is 34.5 Å². The van der Waals surface area contributed by atoms with E-state index in [4.69, 9.17) is 0 Å². The van der Waals surface area contributed by atoms with Crippen LogP contribution in [0.5, 0.6) is 0 Å². The average Bonchev–Trinajstić information content (AvgIpc) is 3.03. The largest absolute Gasteiger partial charge is 0.0533 e. The van der Waals surface area contributed by atoms with Gasteiger partial charge < -0.3 is 0 Å². The minimum atomic E-state index is 0.821. The first-order valence-corrected chi connectivity index (χ1v) is 11.9. The molecule has 5 saturated carbocycles. The number of hydrogen-bond acceptors (Lipinski definition) is 0. The smallest absolute Gasteiger partial charge is 0.0233 e. The van der Waals surface area contributed by atoms with Crippen molar-refractivity contribution in [1.82, 2.24) is 0 Å². The van der Waals surface area contributed by atoms with Gasteiger partial charge in [0.15, 0.2) is 0 Å². The van der Waals surface area contributed by atoms with E-state index in [1.807, 2.05) is 0 Å². The maximum atomic E-state index is 1.65. The van der Waals surface area contributed by atoms with Gasteiger partial charge in [-0.3, -0.25) is 0 Å². The van der Waals surface area contributed by atoms with Gasteiger partial charge >= 0.3 is 0 Å². The summed E-state index contributed by atoms with van der Waals surface area (Å²) in [7, 11) is 0. The van der Waals surface area contributed by atoms with Crippen LogP contribution in [0.4, 0.5) is 0 Å². The lowest BCUT2D eigenvalue weighted by Gasteiger charge is -2.59. The van der Waals surface area contributed by atoms with Crippen LogP contribution < -0.4 is 0 Å². The molecule has 0 heteroatoms. The fourth-order valence-corrected chi connectivity index (χ4v) is 9.39. The molecule has 24 heavy (non-hydrogen) atoms. The van der Waals surface area contributed by atoms with E-state index in [-0.39, 0.29) is 0 Å². The van der Waals surface area contributed by atoms with Crippen LogP contribution in [0.3, 0.4) is 0 Å². The van der Waals surface area contributed by atoms with Crippen LogP contribution in [0.15, 0.2) is 0 Å². The van der Waals surface area contributed by atoms with E-state index in [1.54, 1.807) is 103 Å². The molecule has 5 aliphatic rings. The van der Waals surface area contributed by atoms with E-state index in [1.165, 1.54) is 18.8 Å². The molecule has 5 rings (SSSR count). The number of rotatable bonds is 2. The quantitative estimate of drug-likeness (QED) is 0.492. The van der Waals surface area contributed by atoms with Crippen LogP contribution in [0.1, 0.15) is 116 Å². The van der Waals surface area contributed by atoms with Crippen LogP contribution in [-0.4, -0.2) is 0 Å². The maximum absolute atomic E-state index is 1.65. The van der Waals surface area contributed by atoms with Crippen LogP contribution in [0.25, 0.3) is 0 Å². The zero-order valence-electron chi connectivity index (χ0n) is 16.0. The first-order valence-electron chi connectivity index (χ1n) is 11.9. The Labute approximate surface area is 150 Å². The summed E-state index contributed by atoms with van der Waals surface area (Å²) in [6, 6.07) is 0. The molecule has 0 nitrogen and oxygen atoms in total. The SMILES string of the molecule is C1CCC(C23CCCC4CCCC(C5CCCCC5)(CC2)C43)CC1. The van der Waals surface area contributed by atoms with Crippen molar-refractivity contribution in [3.05, 3.63) is 0 Å². The van der Waals surface area contributed by atoms with E-state index in [2.05, 4.69) is 0 Å². The van der Waals surface area contributed by atoms with Gasteiger partial charge in [-0.05, 0) is 85.9 Å². The monoisotopic (exact) mass is 328 g/mol. The van der Waals surface area contributed by atoms with Gasteiger partial charge in [0.2, 0.25) is 0 Å². The van der Waals surface area contributed by atoms with Gasteiger partial charge in [-0.2, -0.15) is 0 Å². The Morgan fingerprint density at radius 1 is 0.417 bits per heavy atom. The average molecular weight is 329 g/mol. The molecule has 0 N–H and O–H groups in total. The normalized spacial score (nSPS) is 47.5. The first kappa shape index (κ1) is 16.2. The van der Waals surface area contributed by atoms with Crippen LogP contribution in [0, 0.1) is 34.5 Å². The molecule has 2 unspecified atom stereocenters. The molecule has 5 fully saturated rings. The molecule has 0 aliphatic heterocycles. The van der Waals surface area contributed by atoms with Gasteiger partial charge in [-0.15, -0.1) is 0 Å². The van der Waals surface area contributed by atoms with Crippen molar-refractivity contribution in [3.63, 3.8) is 0 Å². The molecule has 0 radical (unpaired) electrons. The van der Waals surface area contributed by atoms with E-state index >= 15 is 0 Å². The Bertz CT molecular complexity index is 401. The minimum absolute atomic E-state index is 0.821. The lowest BCUT2D eigenvalue weighted by molar-refractivity contribution is -0.102. The summed E-state index contributed by atoms with van der Waals surface area (Å²) in [6.07, 6.45) is 28.6. The zero-order chi connectivity index (χ0) is 16.0. The Kier molecular flexibility index (Phi) is 4.26. The molecular formula is C24H40. The molecule has 0 aromatic rings. The Hall–Kier alpha value is 0. The summed E-state index contributed by atoms with van der Waals surface area (Å²) in [5.74, 6) is 4.56. The van der Waals surface area contributed by atoms with Crippen molar-refractivity contribution >= 4 is 0 Å². The lowest BCUT2D eigenvalue weighted by atomic mass is 9.45. The third-order valence-corrected chi connectivity index (χ3v) is 10.0. The standard InChI is InChI=1S/C24H40/c1-3-11-20(12-4-1)23-15-7-9-19-10-8-16-24(18-17-23,22(19)23)21-13-5-2-6-14-21/h19-22H,1-18H2. The van der Waals surface area contributed by atoms with E-state index < -0.39 is 0 Å². The molecule has 0 amide bonds. The third-order valence-electron chi connectivity index (χ3n) is 10.0. The fraction of sp³-hybridized carbons (Fsp3) is 1.00. The van der Waals surface area contributed by atoms with Gasteiger partial charge in [0.05, 0.1) is 0 Å². The minimum Gasteiger partial charge on any atom is -0.0533 e. The van der Waals surface area contributed by atoms with Gasteiger partial charge in [0.1, 0.15) is 0 Å². The summed E-state index contributed by atoms with van der Waals surface area (Å²) >= 11 is 0. The molecule has 0 aromatic heterocycles. The molecular weight excluding hydrogens is 288 g/mol. The Balaban J connectivity index is 1.51. The second kappa shape index (κ2) is 6.31. The van der Waals surface area contributed by atoms with Gasteiger partial charge in [-0.25, -0.2) is 0 Å². The molecule has 136 valence electrons. The van der Waals surface area contributed by atoms with Crippen molar-refractivity contribution in [1.29, 1.82) is 0 Å². The summed E-state index contributed by atoms with van der Waals surface area (Å²) < 4.78 is 0. The van der Waals surface area contributed by atoms with Crippen molar-refractivity contribution in [2.75, 3.05) is 0 Å². The maximum Gasteiger partial charge on any atom is -0.0233 e. The molecule has 0 aromatic carbocycles. The summed E-state index contributed by atoms with van der Waals surface area (Å²) in [5.41, 5.74) is 1.64. The fourth-order valence-electron chi connectivity index (χ4n) is 9.39. The van der Waals surface area contributed by atoms with Crippen molar-refractivity contribution in [2.45, 2.75) is 116 Å². The molecule has 2 atom stereocenters. The van der Waals surface area contributed by atoms with Crippen LogP contribution in [0.2, 0.25) is 0 Å². The Morgan fingerprint density at radius 2 is 0.875 bits per heavy atom. The van der Waals surface area contributed by atoms with E-state index in [0.717, 1.165) is 28.6 Å². The predicted octanol–water partition coefficient (Wildman–Crippen LogP) is 7.51. The second-order valence-electron chi connectivity index (χ2n) is 10.7. The molecule has 0 saturated heterocycles. The van der Waals surface area contributed by atoms with Crippen molar-refractivity contribution in [3.8, 4) is 0 Å². The topological polar surface area (TPSA) is 0 Å². The highest BCUT2D eigenvalue weighted by Gasteiger charge is 2.64. The van der Waals surface area contributed by atoms with E-state index in [0.29, 0.717) is 0 Å². The highest BCUT2D eigenvalue weighted by atomic mass is 14.7. The summed E-state index contributed by atoms with van der Waals surface area (Å²) in [6.45, 7) is 0. The molecule has 0 spiro atoms. The Morgan fingerprint density at radius 3 is 1.33 bits per heavy atom. The van der Waals surface area contributed by atoms with Gasteiger partial charge in [0, 0.05) is 0 Å². The lowest BCUT2D eigenvalue weighted by Crippen LogP contribution is -2.51. The van der Waals surface area contributed by atoms with Gasteiger partial charge in [0.25, 0.3) is 0 Å². The van der Waals surface area contributed by atoms with Gasteiger partial charge in [-0.1, -0.05) is 64.2 Å². The second-order valence-corrected chi connectivity index (χ2v) is 10.7. The van der Waals surface area contributed by atoms with E-state index in [9.17, 15) is 0 Å². The molecule has 5 aliphatic carbocycles. The summed E-state index contributed by atoms with van der Waals surface area (Å²) in [4.78, 5) is 0. The van der Waals surface area contributed by atoms with Crippen LogP contribution >= 0.6 is 0 Å². The highest BCUT2D eigenvalue weighted by Crippen LogP contribution is 2.73. The zero-order valence-corrected chi connectivity index (χ0v) is 16.0. The summed E-state index contributed by atoms with van der Waals surface area (Å²) in [5, 5.41) is 0. The molecule has 0 bridgehead atoms. The number of hydrogen-bond donors (Lipinski definition) is 0. The first-order chi connectivity index (χ1) is 11.9. The van der Waals surface area contributed by atoms with Crippen LogP contribution in [-0.2, 0) is 0 Å².